The summed E-state index contributed by atoms with van der Waals surface area (Å²) in [6.07, 6.45) is 0.785. The fourth-order valence-electron chi connectivity index (χ4n) is 2.41. The second kappa shape index (κ2) is 8.83. The number of carbonyl (C=O) groups is 2. The molecule has 0 bridgehead atoms. The molecule has 3 aromatic rings. The topological polar surface area (TPSA) is 104 Å². The molecule has 3 amide bonds. The van der Waals surface area contributed by atoms with Gasteiger partial charge in [0.1, 0.15) is 4.83 Å². The predicted octanol–water partition coefficient (Wildman–Crippen LogP) is 2.98. The first kappa shape index (κ1) is 19.1. The number of thiophene rings is 1. The molecule has 0 fully saturated rings. The first-order chi connectivity index (χ1) is 13.1. The fourth-order valence-corrected chi connectivity index (χ4v) is 4.07. The zero-order chi connectivity index (χ0) is 19.2. The molecule has 0 aliphatic carbocycles. The first-order valence-electron chi connectivity index (χ1n) is 8.36. The first-order valence-corrected chi connectivity index (χ1v) is 10.2. The average molecular weight is 403 g/mol. The predicted molar refractivity (Wildman–Crippen MR) is 108 cm³/mol. The van der Waals surface area contributed by atoms with E-state index < -0.39 is 11.9 Å². The number of rotatable bonds is 6. The van der Waals surface area contributed by atoms with Gasteiger partial charge in [-0.15, -0.1) is 11.3 Å². The second-order valence-electron chi connectivity index (χ2n) is 5.66. The molecule has 0 radical (unpaired) electrons. The highest BCUT2D eigenvalue weighted by Gasteiger charge is 2.14. The molecule has 9 heteroatoms. The number of fused-ring (bicyclic) bond motifs is 1. The molecule has 0 aliphatic rings. The lowest BCUT2D eigenvalue weighted by Gasteiger charge is -2.05. The van der Waals surface area contributed by atoms with E-state index in [4.69, 9.17) is 0 Å². The third-order valence-electron chi connectivity index (χ3n) is 3.64. The van der Waals surface area contributed by atoms with Crippen LogP contribution in [0.15, 0.2) is 45.7 Å². The Hall–Kier alpha value is -2.65. The molecule has 0 aliphatic heterocycles. The Morgan fingerprint density at radius 3 is 2.78 bits per heavy atom. The summed E-state index contributed by atoms with van der Waals surface area (Å²) in [6.45, 7) is 2.42. The van der Waals surface area contributed by atoms with Gasteiger partial charge in [0.15, 0.2) is 5.16 Å². The quantitative estimate of drug-likeness (QED) is 0.434. The van der Waals surface area contributed by atoms with Gasteiger partial charge >= 0.3 is 6.03 Å². The Morgan fingerprint density at radius 1 is 1.26 bits per heavy atom. The van der Waals surface area contributed by atoms with Gasteiger partial charge in [0.25, 0.3) is 5.56 Å². The molecule has 0 spiro atoms. The lowest BCUT2D eigenvalue weighted by atomic mass is 10.1. The minimum Gasteiger partial charge on any atom is -0.338 e. The van der Waals surface area contributed by atoms with Crippen LogP contribution in [0.2, 0.25) is 0 Å². The SMILES string of the molecule is CCCNC(=O)NC(=O)CSc1nc2scc(-c3ccccc3)c2c(=O)[nH]1. The molecular formula is C18H18N4O3S2. The maximum Gasteiger partial charge on any atom is 0.321 e. The zero-order valence-electron chi connectivity index (χ0n) is 14.6. The van der Waals surface area contributed by atoms with Crippen molar-refractivity contribution in [3.8, 4) is 11.1 Å². The Balaban J connectivity index is 1.71. The van der Waals surface area contributed by atoms with E-state index in [1.54, 1.807) is 0 Å². The molecule has 3 rings (SSSR count). The van der Waals surface area contributed by atoms with Crippen LogP contribution in [-0.4, -0.2) is 34.2 Å². The van der Waals surface area contributed by atoms with Crippen molar-refractivity contribution in [1.82, 2.24) is 20.6 Å². The number of benzene rings is 1. The minimum absolute atomic E-state index is 0.0229. The number of nitrogens with one attached hydrogen (secondary N) is 3. The molecule has 27 heavy (non-hydrogen) atoms. The number of aromatic amines is 1. The van der Waals surface area contributed by atoms with Gasteiger partial charge in [0.05, 0.1) is 11.1 Å². The molecule has 7 nitrogen and oxygen atoms in total. The third kappa shape index (κ3) is 4.75. The third-order valence-corrected chi connectivity index (χ3v) is 5.38. The van der Waals surface area contributed by atoms with Crippen molar-refractivity contribution in [2.24, 2.45) is 0 Å². The van der Waals surface area contributed by atoms with Crippen molar-refractivity contribution in [3.63, 3.8) is 0 Å². The van der Waals surface area contributed by atoms with E-state index in [2.05, 4.69) is 20.6 Å². The molecule has 3 N–H and O–H groups in total. The molecule has 2 heterocycles. The average Bonchev–Trinajstić information content (AvgIpc) is 3.10. The van der Waals surface area contributed by atoms with Gasteiger partial charge in [-0.3, -0.25) is 14.9 Å². The van der Waals surface area contributed by atoms with E-state index in [0.717, 1.165) is 29.3 Å². The smallest absolute Gasteiger partial charge is 0.321 e. The molecule has 0 saturated heterocycles. The highest BCUT2D eigenvalue weighted by atomic mass is 32.2. The number of thioether (sulfide) groups is 1. The van der Waals surface area contributed by atoms with E-state index in [9.17, 15) is 14.4 Å². The molecule has 0 unspecified atom stereocenters. The van der Waals surface area contributed by atoms with Gasteiger partial charge in [-0.2, -0.15) is 0 Å². The number of nitrogens with zero attached hydrogens (tertiary/aromatic N) is 1. The lowest BCUT2D eigenvalue weighted by Crippen LogP contribution is -2.40. The number of aromatic nitrogens is 2. The zero-order valence-corrected chi connectivity index (χ0v) is 16.2. The van der Waals surface area contributed by atoms with Gasteiger partial charge in [-0.05, 0) is 12.0 Å². The van der Waals surface area contributed by atoms with Crippen LogP contribution in [0.3, 0.4) is 0 Å². The molecule has 0 saturated carbocycles. The van der Waals surface area contributed by atoms with Gasteiger partial charge in [0.2, 0.25) is 5.91 Å². The highest BCUT2D eigenvalue weighted by Crippen LogP contribution is 2.31. The molecular weight excluding hydrogens is 384 g/mol. The van der Waals surface area contributed by atoms with E-state index in [0.29, 0.717) is 21.9 Å². The highest BCUT2D eigenvalue weighted by molar-refractivity contribution is 7.99. The Labute approximate surface area is 163 Å². The molecule has 1 aromatic carbocycles. The number of H-pyrrole nitrogens is 1. The summed E-state index contributed by atoms with van der Waals surface area (Å²) in [7, 11) is 0. The molecule has 140 valence electrons. The van der Waals surface area contributed by atoms with Crippen LogP contribution in [0.4, 0.5) is 4.79 Å². The van der Waals surface area contributed by atoms with Crippen molar-refractivity contribution in [3.05, 3.63) is 46.1 Å². The number of hydrogen-bond acceptors (Lipinski definition) is 6. The normalized spacial score (nSPS) is 10.7. The van der Waals surface area contributed by atoms with E-state index in [-0.39, 0.29) is 11.3 Å². The van der Waals surface area contributed by atoms with Crippen LogP contribution in [-0.2, 0) is 4.79 Å². The Bertz CT molecular complexity index is 1010. The molecule has 2 aromatic heterocycles. The van der Waals surface area contributed by atoms with Crippen LogP contribution < -0.4 is 16.2 Å². The van der Waals surface area contributed by atoms with Crippen LogP contribution in [0.5, 0.6) is 0 Å². The van der Waals surface area contributed by atoms with Gasteiger partial charge in [-0.25, -0.2) is 9.78 Å². The van der Waals surface area contributed by atoms with Crippen molar-refractivity contribution in [2.75, 3.05) is 12.3 Å². The van der Waals surface area contributed by atoms with Crippen LogP contribution >= 0.6 is 23.1 Å². The Kier molecular flexibility index (Phi) is 6.25. The standard InChI is InChI=1S/C18H18N4O3S2/c1-2-8-19-17(25)20-13(23)10-27-18-21-15(24)14-12(9-26-16(14)22-18)11-6-4-3-5-7-11/h3-7,9H,2,8,10H2,1H3,(H,21,22,24)(H2,19,20,23,25). The monoisotopic (exact) mass is 402 g/mol. The van der Waals surface area contributed by atoms with E-state index >= 15 is 0 Å². The number of imide groups is 1. The molecule has 0 atom stereocenters. The van der Waals surface area contributed by atoms with Crippen LogP contribution in [0, 0.1) is 0 Å². The van der Waals surface area contributed by atoms with Gasteiger partial charge in [-0.1, -0.05) is 49.0 Å². The summed E-state index contributed by atoms with van der Waals surface area (Å²) >= 11 is 2.46. The lowest BCUT2D eigenvalue weighted by molar-refractivity contribution is -0.117. The Morgan fingerprint density at radius 2 is 2.04 bits per heavy atom. The number of carbonyl (C=O) groups excluding carboxylic acids is 2. The fraction of sp³-hybridized carbons (Fsp3) is 0.222. The summed E-state index contributed by atoms with van der Waals surface area (Å²) in [5.74, 6) is -0.474. The van der Waals surface area contributed by atoms with Crippen LogP contribution in [0.25, 0.3) is 21.3 Å². The maximum absolute atomic E-state index is 12.5. The van der Waals surface area contributed by atoms with Crippen molar-refractivity contribution < 1.29 is 9.59 Å². The maximum atomic E-state index is 12.5. The van der Waals surface area contributed by atoms with Gasteiger partial charge in [0, 0.05) is 17.5 Å². The van der Waals surface area contributed by atoms with Crippen molar-refractivity contribution >= 4 is 45.3 Å². The van der Waals surface area contributed by atoms with Crippen LogP contribution in [0.1, 0.15) is 13.3 Å². The number of amides is 3. The number of hydrogen-bond donors (Lipinski definition) is 3. The summed E-state index contributed by atoms with van der Waals surface area (Å²) in [4.78, 5) is 43.6. The van der Waals surface area contributed by atoms with Gasteiger partial charge < -0.3 is 10.3 Å². The van der Waals surface area contributed by atoms with Crippen molar-refractivity contribution in [1.29, 1.82) is 0 Å². The summed E-state index contributed by atoms with van der Waals surface area (Å²) in [5.41, 5.74) is 1.55. The van der Waals surface area contributed by atoms with E-state index in [1.807, 2.05) is 42.6 Å². The second-order valence-corrected chi connectivity index (χ2v) is 7.48. The summed E-state index contributed by atoms with van der Waals surface area (Å²) in [5, 5.41) is 7.59. The largest absolute Gasteiger partial charge is 0.338 e. The minimum atomic E-state index is -0.523. The van der Waals surface area contributed by atoms with Crippen molar-refractivity contribution in [2.45, 2.75) is 18.5 Å². The summed E-state index contributed by atoms with van der Waals surface area (Å²) < 4.78 is 0. The van der Waals surface area contributed by atoms with E-state index in [1.165, 1.54) is 11.3 Å². The number of urea groups is 1. The summed E-state index contributed by atoms with van der Waals surface area (Å²) in [6, 6.07) is 9.11.